The van der Waals surface area contributed by atoms with E-state index in [2.05, 4.69) is 15.2 Å². The molecule has 25 heavy (non-hydrogen) atoms. The van der Waals surface area contributed by atoms with Crippen molar-refractivity contribution in [3.05, 3.63) is 29.3 Å². The number of carbonyl (C=O) groups is 1. The van der Waals surface area contributed by atoms with Crippen LogP contribution in [0.4, 0.5) is 11.9 Å². The molecular weight excluding hydrogens is 320 g/mol. The van der Waals surface area contributed by atoms with Gasteiger partial charge >= 0.3 is 0 Å². The van der Waals surface area contributed by atoms with Gasteiger partial charge in [0.25, 0.3) is 5.91 Å². The summed E-state index contributed by atoms with van der Waals surface area (Å²) in [6.07, 6.45) is -0.521. The number of amides is 1. The maximum Gasteiger partial charge on any atom is 0.263 e. The highest BCUT2D eigenvalue weighted by molar-refractivity contribution is 5.81. The van der Waals surface area contributed by atoms with E-state index in [1.54, 1.807) is 6.92 Å². The summed E-state index contributed by atoms with van der Waals surface area (Å²) in [7, 11) is 0. The largest absolute Gasteiger partial charge is 0.481 e. The van der Waals surface area contributed by atoms with E-state index >= 15 is 0 Å². The number of nitrogens with two attached hydrogens (primary N) is 1. The fourth-order valence-corrected chi connectivity index (χ4v) is 2.96. The molecule has 0 radical (unpaired) electrons. The first-order valence-electron chi connectivity index (χ1n) is 8.39. The Labute approximate surface area is 147 Å². The first kappa shape index (κ1) is 17.1. The molecule has 1 aliphatic heterocycles. The van der Waals surface area contributed by atoms with E-state index in [0.29, 0.717) is 38.1 Å². The van der Waals surface area contributed by atoms with Crippen LogP contribution >= 0.6 is 0 Å². The Morgan fingerprint density at radius 3 is 2.60 bits per heavy atom. The number of piperazine rings is 1. The summed E-state index contributed by atoms with van der Waals surface area (Å²) in [4.78, 5) is 20.6. The highest BCUT2D eigenvalue weighted by atomic mass is 16.5. The van der Waals surface area contributed by atoms with Gasteiger partial charge in [0, 0.05) is 26.2 Å². The van der Waals surface area contributed by atoms with Crippen LogP contribution in [0.15, 0.2) is 18.2 Å². The van der Waals surface area contributed by atoms with Crippen molar-refractivity contribution in [1.29, 1.82) is 0 Å². The maximum absolute atomic E-state index is 12.7. The number of carbonyl (C=O) groups excluding carboxylic acids is 1. The Kier molecular flexibility index (Phi) is 4.78. The third kappa shape index (κ3) is 3.84. The Morgan fingerprint density at radius 2 is 2.00 bits per heavy atom. The fourth-order valence-electron chi connectivity index (χ4n) is 2.96. The molecule has 1 aromatic carbocycles. The molecule has 8 nitrogen and oxygen atoms in total. The van der Waals surface area contributed by atoms with Gasteiger partial charge in [0.05, 0.1) is 0 Å². The molecule has 1 aromatic heterocycles. The molecule has 1 fully saturated rings. The number of nitrogen functional groups attached to an aromatic ring is 1. The standard InChI is InChI=1S/C17H24N6O2/c1-11-4-5-14(12(2)10-11)25-13(3)15(24)22-6-8-23(9-7-22)17-19-16(18)20-21-17/h4-5,10,13H,6-9H2,1-3H3,(H3,18,19,20,21). The fraction of sp³-hybridized carbons (Fsp3) is 0.471. The normalized spacial score (nSPS) is 16.0. The zero-order valence-corrected chi connectivity index (χ0v) is 14.8. The van der Waals surface area contributed by atoms with Gasteiger partial charge in [-0.2, -0.15) is 4.98 Å². The average molecular weight is 344 g/mol. The van der Waals surface area contributed by atoms with Crippen LogP contribution in [0.25, 0.3) is 0 Å². The maximum atomic E-state index is 12.7. The quantitative estimate of drug-likeness (QED) is 0.862. The van der Waals surface area contributed by atoms with Gasteiger partial charge in [-0.1, -0.05) is 17.7 Å². The molecule has 1 amide bonds. The molecule has 0 aliphatic carbocycles. The van der Waals surface area contributed by atoms with Crippen molar-refractivity contribution in [2.45, 2.75) is 26.9 Å². The van der Waals surface area contributed by atoms with Crippen LogP contribution in [0.5, 0.6) is 5.75 Å². The number of aromatic amines is 1. The van der Waals surface area contributed by atoms with Crippen molar-refractivity contribution < 1.29 is 9.53 Å². The number of anilines is 2. The number of aromatic nitrogens is 3. The topological polar surface area (TPSA) is 100 Å². The SMILES string of the molecule is Cc1ccc(OC(C)C(=O)N2CCN(c3n[nH]c(N)n3)CC2)c(C)c1. The Balaban J connectivity index is 1.56. The molecule has 8 heteroatoms. The lowest BCUT2D eigenvalue weighted by atomic mass is 10.1. The number of aryl methyl sites for hydroxylation is 2. The summed E-state index contributed by atoms with van der Waals surface area (Å²) in [6.45, 7) is 8.36. The van der Waals surface area contributed by atoms with Crippen LogP contribution in [0.2, 0.25) is 0 Å². The summed E-state index contributed by atoms with van der Waals surface area (Å²) in [6, 6.07) is 5.95. The molecule has 2 aromatic rings. The van der Waals surface area contributed by atoms with E-state index in [9.17, 15) is 4.79 Å². The summed E-state index contributed by atoms with van der Waals surface area (Å²) in [5.74, 6) is 1.61. The van der Waals surface area contributed by atoms with Gasteiger partial charge in [0.1, 0.15) is 5.75 Å². The molecular formula is C17H24N6O2. The predicted molar refractivity (Wildman–Crippen MR) is 95.6 cm³/mol. The number of ether oxygens (including phenoxy) is 1. The second kappa shape index (κ2) is 7.00. The Hall–Kier alpha value is -2.77. The number of rotatable bonds is 4. The summed E-state index contributed by atoms with van der Waals surface area (Å²) in [5.41, 5.74) is 7.77. The zero-order valence-electron chi connectivity index (χ0n) is 14.8. The Morgan fingerprint density at radius 1 is 1.28 bits per heavy atom. The monoisotopic (exact) mass is 344 g/mol. The number of H-pyrrole nitrogens is 1. The van der Waals surface area contributed by atoms with Gasteiger partial charge in [-0.05, 0) is 32.4 Å². The van der Waals surface area contributed by atoms with Gasteiger partial charge in [0.15, 0.2) is 6.10 Å². The van der Waals surface area contributed by atoms with E-state index in [1.165, 1.54) is 5.56 Å². The van der Waals surface area contributed by atoms with Crippen molar-refractivity contribution in [2.24, 2.45) is 0 Å². The van der Waals surface area contributed by atoms with Crippen molar-refractivity contribution in [3.63, 3.8) is 0 Å². The lowest BCUT2D eigenvalue weighted by molar-refractivity contribution is -0.138. The molecule has 0 bridgehead atoms. The molecule has 0 spiro atoms. The minimum atomic E-state index is -0.521. The van der Waals surface area contributed by atoms with Crippen LogP contribution in [0.1, 0.15) is 18.1 Å². The second-order valence-corrected chi connectivity index (χ2v) is 6.36. The zero-order chi connectivity index (χ0) is 18.0. The van der Waals surface area contributed by atoms with Crippen molar-refractivity contribution in [2.75, 3.05) is 36.8 Å². The third-order valence-corrected chi connectivity index (χ3v) is 4.35. The summed E-state index contributed by atoms with van der Waals surface area (Å²) < 4.78 is 5.88. The van der Waals surface area contributed by atoms with E-state index in [0.717, 1.165) is 11.3 Å². The van der Waals surface area contributed by atoms with Gasteiger partial charge in [-0.3, -0.25) is 4.79 Å². The summed E-state index contributed by atoms with van der Waals surface area (Å²) >= 11 is 0. The summed E-state index contributed by atoms with van der Waals surface area (Å²) in [5, 5.41) is 6.68. The minimum Gasteiger partial charge on any atom is -0.481 e. The minimum absolute atomic E-state index is 0.00544. The number of benzene rings is 1. The van der Waals surface area contributed by atoms with Crippen molar-refractivity contribution in [1.82, 2.24) is 20.1 Å². The molecule has 3 rings (SSSR count). The predicted octanol–water partition coefficient (Wildman–Crippen LogP) is 1.12. The van der Waals surface area contributed by atoms with Crippen LogP contribution in [-0.2, 0) is 4.79 Å². The number of nitrogens with one attached hydrogen (secondary N) is 1. The number of hydrogen-bond acceptors (Lipinski definition) is 6. The highest BCUT2D eigenvalue weighted by Gasteiger charge is 2.27. The molecule has 1 aliphatic rings. The van der Waals surface area contributed by atoms with E-state index in [1.807, 2.05) is 41.8 Å². The first-order valence-corrected chi connectivity index (χ1v) is 8.39. The molecule has 1 atom stereocenters. The van der Waals surface area contributed by atoms with E-state index in [4.69, 9.17) is 10.5 Å². The Bertz CT molecular complexity index is 751. The van der Waals surface area contributed by atoms with Crippen LogP contribution in [0.3, 0.4) is 0 Å². The lowest BCUT2D eigenvalue weighted by Crippen LogP contribution is -2.52. The van der Waals surface area contributed by atoms with Crippen molar-refractivity contribution in [3.8, 4) is 5.75 Å². The van der Waals surface area contributed by atoms with Gasteiger partial charge < -0.3 is 20.3 Å². The number of nitrogens with zero attached hydrogens (tertiary/aromatic N) is 4. The second-order valence-electron chi connectivity index (χ2n) is 6.36. The lowest BCUT2D eigenvalue weighted by Gasteiger charge is -2.35. The molecule has 0 saturated carbocycles. The average Bonchev–Trinajstić information content (AvgIpc) is 3.03. The number of hydrogen-bond donors (Lipinski definition) is 2. The third-order valence-electron chi connectivity index (χ3n) is 4.35. The highest BCUT2D eigenvalue weighted by Crippen LogP contribution is 2.21. The van der Waals surface area contributed by atoms with Gasteiger partial charge in [0.2, 0.25) is 11.9 Å². The molecule has 1 saturated heterocycles. The molecule has 3 N–H and O–H groups in total. The van der Waals surface area contributed by atoms with Gasteiger partial charge in [-0.15, -0.1) is 5.10 Å². The van der Waals surface area contributed by atoms with E-state index in [-0.39, 0.29) is 5.91 Å². The van der Waals surface area contributed by atoms with Crippen LogP contribution < -0.4 is 15.4 Å². The van der Waals surface area contributed by atoms with E-state index < -0.39 is 6.10 Å². The van der Waals surface area contributed by atoms with Gasteiger partial charge in [-0.25, -0.2) is 5.10 Å². The van der Waals surface area contributed by atoms with Crippen LogP contribution in [0, 0.1) is 13.8 Å². The van der Waals surface area contributed by atoms with Crippen LogP contribution in [-0.4, -0.2) is 58.3 Å². The molecule has 2 heterocycles. The molecule has 1 unspecified atom stereocenters. The van der Waals surface area contributed by atoms with Crippen molar-refractivity contribution >= 4 is 17.8 Å². The smallest absolute Gasteiger partial charge is 0.263 e. The molecule has 134 valence electrons. The first-order chi connectivity index (χ1) is 11.9.